The van der Waals surface area contributed by atoms with Crippen molar-refractivity contribution in [2.75, 3.05) is 5.32 Å². The summed E-state index contributed by atoms with van der Waals surface area (Å²) in [6.45, 7) is 2.12. The molecule has 2 nitrogen and oxygen atoms in total. The first-order valence-corrected chi connectivity index (χ1v) is 8.27. The number of aryl methyl sites for hydroxylation is 1. The van der Waals surface area contributed by atoms with Gasteiger partial charge in [-0.25, -0.2) is 0 Å². The molecule has 0 saturated carbocycles. The third-order valence-corrected chi connectivity index (χ3v) is 4.22. The van der Waals surface area contributed by atoms with Crippen LogP contribution in [0.5, 0.6) is 0 Å². The van der Waals surface area contributed by atoms with Crippen LogP contribution in [-0.4, -0.2) is 11.2 Å². The lowest BCUT2D eigenvalue weighted by Gasteiger charge is -2.17. The largest absolute Gasteiger partial charge is 0.360 e. The summed E-state index contributed by atoms with van der Waals surface area (Å²) in [7, 11) is 0. The predicted octanol–water partition coefficient (Wildman–Crippen LogP) is 5.30. The van der Waals surface area contributed by atoms with Crippen molar-refractivity contribution in [1.82, 2.24) is 5.32 Å². The highest BCUT2D eigenvalue weighted by molar-refractivity contribution is 7.80. The van der Waals surface area contributed by atoms with Crippen LogP contribution in [0.2, 0.25) is 10.0 Å². The number of hydrogen-bond acceptors (Lipinski definition) is 1. The van der Waals surface area contributed by atoms with Crippen molar-refractivity contribution in [3.63, 3.8) is 0 Å². The Balaban J connectivity index is 1.79. The third-order valence-electron chi connectivity index (χ3n) is 3.26. The van der Waals surface area contributed by atoms with Crippen LogP contribution in [0, 0.1) is 0 Å². The normalized spacial score (nSPS) is 11.8. The molecule has 0 bridgehead atoms. The van der Waals surface area contributed by atoms with Gasteiger partial charge in [0.15, 0.2) is 5.11 Å². The van der Waals surface area contributed by atoms with E-state index in [1.54, 1.807) is 12.1 Å². The summed E-state index contributed by atoms with van der Waals surface area (Å²) in [5.74, 6) is 0. The Hall–Kier alpha value is -1.29. The summed E-state index contributed by atoms with van der Waals surface area (Å²) in [4.78, 5) is 0. The van der Waals surface area contributed by atoms with Crippen LogP contribution >= 0.6 is 35.4 Å². The fourth-order valence-corrected chi connectivity index (χ4v) is 2.68. The van der Waals surface area contributed by atoms with Crippen LogP contribution in [0.25, 0.3) is 0 Å². The number of benzene rings is 2. The van der Waals surface area contributed by atoms with Crippen LogP contribution in [0.15, 0.2) is 48.5 Å². The average molecular weight is 353 g/mol. The van der Waals surface area contributed by atoms with E-state index in [-0.39, 0.29) is 6.04 Å². The monoisotopic (exact) mass is 352 g/mol. The van der Waals surface area contributed by atoms with Gasteiger partial charge in [0.1, 0.15) is 0 Å². The number of thiocarbonyl (C=S) groups is 1. The minimum Gasteiger partial charge on any atom is -0.360 e. The van der Waals surface area contributed by atoms with E-state index in [0.717, 1.165) is 18.5 Å². The molecule has 1 unspecified atom stereocenters. The van der Waals surface area contributed by atoms with Crippen molar-refractivity contribution in [2.24, 2.45) is 0 Å². The Bertz CT molecular complexity index is 632. The van der Waals surface area contributed by atoms with Gasteiger partial charge in [-0.3, -0.25) is 0 Å². The maximum atomic E-state index is 5.98. The van der Waals surface area contributed by atoms with E-state index in [0.29, 0.717) is 15.2 Å². The van der Waals surface area contributed by atoms with Crippen molar-refractivity contribution < 1.29 is 0 Å². The molecule has 1 atom stereocenters. The zero-order valence-corrected chi connectivity index (χ0v) is 14.6. The van der Waals surface area contributed by atoms with Crippen LogP contribution in [0.3, 0.4) is 0 Å². The molecule has 2 rings (SSSR count). The maximum Gasteiger partial charge on any atom is 0.170 e. The molecule has 22 heavy (non-hydrogen) atoms. The third kappa shape index (κ3) is 5.48. The highest BCUT2D eigenvalue weighted by atomic mass is 35.5. The SMILES string of the molecule is CC(CCc1ccccc1)NC(=S)Nc1ccc(Cl)c(Cl)c1. The summed E-state index contributed by atoms with van der Waals surface area (Å²) in [6, 6.07) is 16.0. The van der Waals surface area contributed by atoms with Gasteiger partial charge in [0.25, 0.3) is 0 Å². The Morgan fingerprint density at radius 1 is 1.09 bits per heavy atom. The second-order valence-corrected chi connectivity index (χ2v) is 6.38. The first-order valence-electron chi connectivity index (χ1n) is 7.11. The van der Waals surface area contributed by atoms with Crippen molar-refractivity contribution >= 4 is 46.2 Å². The smallest absolute Gasteiger partial charge is 0.170 e. The molecule has 0 radical (unpaired) electrons. The molecule has 2 aromatic carbocycles. The molecular formula is C17H18Cl2N2S. The van der Waals surface area contributed by atoms with Crippen LogP contribution in [-0.2, 0) is 6.42 Å². The standard InChI is InChI=1S/C17H18Cl2N2S/c1-12(7-8-13-5-3-2-4-6-13)20-17(22)21-14-9-10-15(18)16(19)11-14/h2-6,9-12H,7-8H2,1H3,(H2,20,21,22). The Kier molecular flexibility index (Phi) is 6.49. The molecule has 0 saturated heterocycles. The van der Waals surface area contributed by atoms with E-state index in [1.807, 2.05) is 12.1 Å². The lowest BCUT2D eigenvalue weighted by Crippen LogP contribution is -2.36. The molecule has 2 aromatic rings. The molecule has 0 aliphatic rings. The molecular weight excluding hydrogens is 335 g/mol. The van der Waals surface area contributed by atoms with Gasteiger partial charge < -0.3 is 10.6 Å². The molecule has 0 heterocycles. The molecule has 2 N–H and O–H groups in total. The van der Waals surface area contributed by atoms with Gasteiger partial charge in [0.2, 0.25) is 0 Å². The van der Waals surface area contributed by atoms with E-state index in [2.05, 4.69) is 41.8 Å². The number of hydrogen-bond donors (Lipinski definition) is 2. The van der Waals surface area contributed by atoms with E-state index < -0.39 is 0 Å². The second-order valence-electron chi connectivity index (χ2n) is 5.15. The minimum atomic E-state index is 0.281. The van der Waals surface area contributed by atoms with Gasteiger partial charge in [-0.15, -0.1) is 0 Å². The molecule has 116 valence electrons. The molecule has 5 heteroatoms. The highest BCUT2D eigenvalue weighted by Gasteiger charge is 2.06. The fraction of sp³-hybridized carbons (Fsp3) is 0.235. The zero-order chi connectivity index (χ0) is 15.9. The number of nitrogens with one attached hydrogen (secondary N) is 2. The van der Waals surface area contributed by atoms with Crippen LogP contribution < -0.4 is 10.6 Å². The van der Waals surface area contributed by atoms with Crippen molar-refractivity contribution in [3.8, 4) is 0 Å². The molecule has 0 amide bonds. The summed E-state index contributed by atoms with van der Waals surface area (Å²) in [6.07, 6.45) is 2.03. The molecule has 0 aliphatic carbocycles. The van der Waals surface area contributed by atoms with E-state index >= 15 is 0 Å². The Morgan fingerprint density at radius 3 is 2.50 bits per heavy atom. The number of anilines is 1. The van der Waals surface area contributed by atoms with E-state index in [1.165, 1.54) is 5.56 Å². The molecule has 0 spiro atoms. The highest BCUT2D eigenvalue weighted by Crippen LogP contribution is 2.24. The second kappa shape index (κ2) is 8.37. The van der Waals surface area contributed by atoms with Gasteiger partial charge >= 0.3 is 0 Å². The summed E-state index contributed by atoms with van der Waals surface area (Å²) in [5.41, 5.74) is 2.15. The molecule has 0 fully saturated rings. The maximum absolute atomic E-state index is 5.98. The summed E-state index contributed by atoms with van der Waals surface area (Å²) in [5, 5.41) is 8.01. The summed E-state index contributed by atoms with van der Waals surface area (Å²) < 4.78 is 0. The first kappa shape index (κ1) is 17.1. The number of halogens is 2. The topological polar surface area (TPSA) is 24.1 Å². The minimum absolute atomic E-state index is 0.281. The van der Waals surface area contributed by atoms with E-state index in [4.69, 9.17) is 35.4 Å². The summed E-state index contributed by atoms with van der Waals surface area (Å²) >= 11 is 17.2. The van der Waals surface area contributed by atoms with Gasteiger partial charge in [-0.2, -0.15) is 0 Å². The van der Waals surface area contributed by atoms with Crippen molar-refractivity contribution in [2.45, 2.75) is 25.8 Å². The predicted molar refractivity (Wildman–Crippen MR) is 100 cm³/mol. The van der Waals surface area contributed by atoms with Gasteiger partial charge in [-0.05, 0) is 55.7 Å². The lowest BCUT2D eigenvalue weighted by molar-refractivity contribution is 0.609. The number of rotatable bonds is 5. The molecule has 0 aromatic heterocycles. The van der Waals surface area contributed by atoms with Gasteiger partial charge in [0, 0.05) is 11.7 Å². The van der Waals surface area contributed by atoms with Crippen LogP contribution in [0.1, 0.15) is 18.9 Å². The lowest BCUT2D eigenvalue weighted by atomic mass is 10.1. The van der Waals surface area contributed by atoms with Crippen molar-refractivity contribution in [1.29, 1.82) is 0 Å². The van der Waals surface area contributed by atoms with E-state index in [9.17, 15) is 0 Å². The average Bonchev–Trinajstić information content (AvgIpc) is 2.50. The first-order chi connectivity index (χ1) is 10.5. The van der Waals surface area contributed by atoms with Crippen molar-refractivity contribution in [3.05, 3.63) is 64.1 Å². The fourth-order valence-electron chi connectivity index (χ4n) is 2.06. The quantitative estimate of drug-likeness (QED) is 0.713. The Morgan fingerprint density at radius 2 is 1.82 bits per heavy atom. The van der Waals surface area contributed by atoms with Crippen LogP contribution in [0.4, 0.5) is 5.69 Å². The Labute approximate surface area is 146 Å². The van der Waals surface area contributed by atoms with Gasteiger partial charge in [-0.1, -0.05) is 53.5 Å². The zero-order valence-electron chi connectivity index (χ0n) is 12.3. The molecule has 0 aliphatic heterocycles. The van der Waals surface area contributed by atoms with Gasteiger partial charge in [0.05, 0.1) is 10.0 Å².